The predicted octanol–water partition coefficient (Wildman–Crippen LogP) is 7.51. The average molecular weight is 453 g/mol. The molecule has 0 aliphatic carbocycles. The lowest BCUT2D eigenvalue weighted by Crippen LogP contribution is -1.98. The van der Waals surface area contributed by atoms with E-state index in [9.17, 15) is 4.79 Å². The summed E-state index contributed by atoms with van der Waals surface area (Å²) in [5, 5.41) is 0.688. The lowest BCUT2D eigenvalue weighted by atomic mass is 10.0. The first-order valence-electron chi connectivity index (χ1n) is 10.7. The quantitative estimate of drug-likeness (QED) is 0.294. The number of fused-ring (bicyclic) bond motifs is 1. The predicted molar refractivity (Wildman–Crippen MR) is 132 cm³/mol. The molecule has 0 saturated carbocycles. The Morgan fingerprint density at radius 1 is 0.848 bits per heavy atom. The summed E-state index contributed by atoms with van der Waals surface area (Å²) in [7, 11) is 0. The Kier molecular flexibility index (Phi) is 5.72. The number of ketones is 1. The number of Topliss-reactive ketones (excluding diaryl/α,β-unsaturated/α-hetero) is 1. The minimum Gasteiger partial charge on any atom is -0.488 e. The second-order valence-electron chi connectivity index (χ2n) is 7.91. The Labute approximate surface area is 197 Å². The van der Waals surface area contributed by atoms with Gasteiger partial charge in [0.2, 0.25) is 5.78 Å². The van der Waals surface area contributed by atoms with Gasteiger partial charge in [-0.15, -0.1) is 0 Å². The van der Waals surface area contributed by atoms with E-state index in [-0.39, 0.29) is 5.78 Å². The Morgan fingerprint density at radius 3 is 2.27 bits per heavy atom. The molecule has 0 spiro atoms. The van der Waals surface area contributed by atoms with Crippen LogP contribution in [0, 0.1) is 6.92 Å². The number of carbonyl (C=O) groups is 1. The molecular weight excluding hydrogens is 432 g/mol. The van der Waals surface area contributed by atoms with Crippen LogP contribution in [0.4, 0.5) is 0 Å². The fraction of sp³-hybridized carbons (Fsp3) is 0.0690. The van der Waals surface area contributed by atoms with E-state index in [0.29, 0.717) is 34.5 Å². The number of rotatable bonds is 5. The van der Waals surface area contributed by atoms with Crippen LogP contribution < -0.4 is 9.47 Å². The van der Waals surface area contributed by atoms with Crippen LogP contribution in [0.5, 0.6) is 11.5 Å². The van der Waals surface area contributed by atoms with Gasteiger partial charge in [-0.25, -0.2) is 0 Å². The van der Waals surface area contributed by atoms with E-state index >= 15 is 0 Å². The van der Waals surface area contributed by atoms with Gasteiger partial charge in [0.05, 0.1) is 5.56 Å². The second-order valence-corrected chi connectivity index (χ2v) is 8.34. The van der Waals surface area contributed by atoms with Crippen molar-refractivity contribution in [3.05, 3.63) is 124 Å². The fourth-order valence-electron chi connectivity index (χ4n) is 3.82. The summed E-state index contributed by atoms with van der Waals surface area (Å²) in [6.07, 6.45) is 1.78. The number of allylic oxidation sites excluding steroid dienone is 1. The van der Waals surface area contributed by atoms with Gasteiger partial charge in [-0.05, 0) is 59.5 Å². The molecule has 33 heavy (non-hydrogen) atoms. The van der Waals surface area contributed by atoms with Crippen LogP contribution in [0.3, 0.4) is 0 Å². The van der Waals surface area contributed by atoms with Gasteiger partial charge in [-0.1, -0.05) is 78.3 Å². The monoisotopic (exact) mass is 452 g/mol. The third-order valence-corrected chi connectivity index (χ3v) is 5.91. The van der Waals surface area contributed by atoms with Crippen LogP contribution in [-0.2, 0) is 6.61 Å². The summed E-state index contributed by atoms with van der Waals surface area (Å²) >= 11 is 5.94. The molecule has 0 radical (unpaired) electrons. The number of carbonyl (C=O) groups excluding carboxylic acids is 1. The van der Waals surface area contributed by atoms with Gasteiger partial charge in [-0.2, -0.15) is 0 Å². The van der Waals surface area contributed by atoms with E-state index < -0.39 is 0 Å². The summed E-state index contributed by atoms with van der Waals surface area (Å²) in [5.41, 5.74) is 5.55. The summed E-state index contributed by atoms with van der Waals surface area (Å²) in [6.45, 7) is 2.31. The van der Waals surface area contributed by atoms with E-state index in [2.05, 4.69) is 12.1 Å². The molecule has 4 heteroatoms. The van der Waals surface area contributed by atoms with Crippen molar-refractivity contribution in [2.75, 3.05) is 0 Å². The molecular formula is C29H21ClO3. The Morgan fingerprint density at radius 2 is 1.55 bits per heavy atom. The molecule has 0 N–H and O–H groups in total. The van der Waals surface area contributed by atoms with Crippen LogP contribution in [0.25, 0.3) is 17.2 Å². The minimum atomic E-state index is -0.121. The van der Waals surface area contributed by atoms with Crippen molar-refractivity contribution in [3.63, 3.8) is 0 Å². The third-order valence-electron chi connectivity index (χ3n) is 5.66. The van der Waals surface area contributed by atoms with E-state index in [1.165, 1.54) is 0 Å². The molecule has 0 fully saturated rings. The molecule has 1 heterocycles. The molecule has 1 aliphatic heterocycles. The SMILES string of the molecule is Cc1c(OCc2ccc(Cl)cc2)ccc2c1O/C(=C\c1ccc(-c3ccccc3)cc1)C2=O. The van der Waals surface area contributed by atoms with Crippen LogP contribution in [-0.4, -0.2) is 5.78 Å². The maximum atomic E-state index is 12.9. The Bertz CT molecular complexity index is 1340. The van der Waals surface area contributed by atoms with Crippen molar-refractivity contribution >= 4 is 23.5 Å². The van der Waals surface area contributed by atoms with Crippen LogP contribution >= 0.6 is 11.6 Å². The fourth-order valence-corrected chi connectivity index (χ4v) is 3.95. The molecule has 162 valence electrons. The highest BCUT2D eigenvalue weighted by atomic mass is 35.5. The smallest absolute Gasteiger partial charge is 0.231 e. The van der Waals surface area contributed by atoms with E-state index in [4.69, 9.17) is 21.1 Å². The minimum absolute atomic E-state index is 0.121. The number of ether oxygens (including phenoxy) is 2. The first-order valence-corrected chi connectivity index (χ1v) is 11.1. The van der Waals surface area contributed by atoms with Gasteiger partial charge in [0.1, 0.15) is 18.1 Å². The molecule has 0 unspecified atom stereocenters. The van der Waals surface area contributed by atoms with Crippen molar-refractivity contribution in [3.8, 4) is 22.6 Å². The molecule has 3 nitrogen and oxygen atoms in total. The number of halogens is 1. The van der Waals surface area contributed by atoms with Crippen molar-refractivity contribution in [2.24, 2.45) is 0 Å². The highest BCUT2D eigenvalue weighted by Gasteiger charge is 2.30. The summed E-state index contributed by atoms with van der Waals surface area (Å²) < 4.78 is 12.0. The van der Waals surface area contributed by atoms with Gasteiger partial charge in [0, 0.05) is 10.6 Å². The van der Waals surface area contributed by atoms with Crippen molar-refractivity contribution in [1.82, 2.24) is 0 Å². The van der Waals surface area contributed by atoms with Gasteiger partial charge < -0.3 is 9.47 Å². The molecule has 1 aliphatic rings. The lowest BCUT2D eigenvalue weighted by molar-refractivity contribution is 0.101. The molecule has 0 saturated heterocycles. The van der Waals surface area contributed by atoms with Gasteiger partial charge in [0.25, 0.3) is 0 Å². The maximum Gasteiger partial charge on any atom is 0.231 e. The van der Waals surface area contributed by atoms with Gasteiger partial charge in [0.15, 0.2) is 5.76 Å². The topological polar surface area (TPSA) is 35.5 Å². The van der Waals surface area contributed by atoms with Crippen molar-refractivity contribution in [2.45, 2.75) is 13.5 Å². The van der Waals surface area contributed by atoms with Gasteiger partial charge in [-0.3, -0.25) is 4.79 Å². The van der Waals surface area contributed by atoms with Gasteiger partial charge >= 0.3 is 0 Å². The first kappa shape index (κ1) is 21.0. The molecule has 0 bridgehead atoms. The molecule has 5 rings (SSSR count). The third kappa shape index (κ3) is 4.41. The summed E-state index contributed by atoms with van der Waals surface area (Å²) in [6, 6.07) is 29.4. The van der Waals surface area contributed by atoms with Crippen molar-refractivity contribution < 1.29 is 14.3 Å². The first-order chi connectivity index (χ1) is 16.1. The number of hydrogen-bond donors (Lipinski definition) is 0. The van der Waals surface area contributed by atoms with E-state index in [0.717, 1.165) is 27.8 Å². The number of hydrogen-bond acceptors (Lipinski definition) is 3. The zero-order chi connectivity index (χ0) is 22.8. The molecule has 0 atom stereocenters. The molecule has 0 aromatic heterocycles. The molecule has 4 aromatic rings. The van der Waals surface area contributed by atoms with Crippen LogP contribution in [0.2, 0.25) is 5.02 Å². The Hall–Kier alpha value is -3.82. The van der Waals surface area contributed by atoms with E-state index in [1.807, 2.05) is 79.7 Å². The highest BCUT2D eigenvalue weighted by molar-refractivity contribution is 6.30. The molecule has 4 aromatic carbocycles. The average Bonchev–Trinajstić information content (AvgIpc) is 3.17. The van der Waals surface area contributed by atoms with Crippen LogP contribution in [0.15, 0.2) is 96.8 Å². The summed E-state index contributed by atoms with van der Waals surface area (Å²) in [4.78, 5) is 12.9. The standard InChI is InChI=1S/C29H21ClO3/c1-19-26(32-18-21-9-13-24(30)14-10-21)16-15-25-28(31)27(33-29(19)25)17-20-7-11-23(12-8-20)22-5-3-2-4-6-22/h2-17H,18H2,1H3/b27-17-. The van der Waals surface area contributed by atoms with Crippen LogP contribution in [0.1, 0.15) is 27.0 Å². The summed E-state index contributed by atoms with van der Waals surface area (Å²) in [5.74, 6) is 1.44. The van der Waals surface area contributed by atoms with E-state index in [1.54, 1.807) is 12.1 Å². The second kappa shape index (κ2) is 8.97. The molecule has 0 amide bonds. The largest absolute Gasteiger partial charge is 0.488 e. The zero-order valence-electron chi connectivity index (χ0n) is 18.0. The Balaban J connectivity index is 1.34. The maximum absolute atomic E-state index is 12.9. The number of benzene rings is 4. The normalized spacial score (nSPS) is 13.6. The van der Waals surface area contributed by atoms with Crippen molar-refractivity contribution in [1.29, 1.82) is 0 Å². The lowest BCUT2D eigenvalue weighted by Gasteiger charge is -2.11. The zero-order valence-corrected chi connectivity index (χ0v) is 18.8. The highest BCUT2D eigenvalue weighted by Crippen LogP contribution is 2.39.